The van der Waals surface area contributed by atoms with Gasteiger partial charge in [-0.3, -0.25) is 4.99 Å². The second-order valence-electron chi connectivity index (χ2n) is 4.78. The van der Waals surface area contributed by atoms with Crippen molar-refractivity contribution in [2.75, 3.05) is 33.9 Å². The molecule has 124 valence electrons. The van der Waals surface area contributed by atoms with E-state index in [4.69, 9.17) is 9.47 Å². The first-order chi connectivity index (χ1) is 11.3. The quantitative estimate of drug-likeness (QED) is 0.443. The lowest BCUT2D eigenvalue weighted by Crippen LogP contribution is -2.40. The zero-order chi connectivity index (χ0) is 16.3. The molecule has 0 aliphatic carbocycles. The third-order valence-corrected chi connectivity index (χ3v) is 4.13. The van der Waals surface area contributed by atoms with Crippen molar-refractivity contribution in [3.63, 3.8) is 0 Å². The molecule has 0 saturated heterocycles. The van der Waals surface area contributed by atoms with Crippen LogP contribution >= 0.6 is 11.3 Å². The van der Waals surface area contributed by atoms with E-state index >= 15 is 0 Å². The van der Waals surface area contributed by atoms with Crippen LogP contribution in [0.1, 0.15) is 4.88 Å². The Morgan fingerprint density at radius 3 is 2.48 bits per heavy atom. The SMILES string of the molecule is CN=C(NCCOc1ccc(OC)cc1)NCCc1cccs1. The third-order valence-electron chi connectivity index (χ3n) is 3.19. The van der Waals surface area contributed by atoms with Crippen molar-refractivity contribution in [3.05, 3.63) is 46.7 Å². The normalized spacial score (nSPS) is 11.1. The molecule has 0 radical (unpaired) electrons. The fourth-order valence-electron chi connectivity index (χ4n) is 1.99. The van der Waals surface area contributed by atoms with Crippen molar-refractivity contribution in [2.45, 2.75) is 6.42 Å². The summed E-state index contributed by atoms with van der Waals surface area (Å²) < 4.78 is 10.8. The van der Waals surface area contributed by atoms with E-state index in [1.54, 1.807) is 25.5 Å². The molecule has 2 aromatic rings. The number of nitrogens with zero attached hydrogens (tertiary/aromatic N) is 1. The predicted molar refractivity (Wildman–Crippen MR) is 95.9 cm³/mol. The molecular formula is C17H23N3O2S. The Morgan fingerprint density at radius 1 is 1.09 bits per heavy atom. The van der Waals surface area contributed by atoms with E-state index < -0.39 is 0 Å². The summed E-state index contributed by atoms with van der Waals surface area (Å²) in [6.45, 7) is 2.11. The van der Waals surface area contributed by atoms with E-state index in [-0.39, 0.29) is 0 Å². The first-order valence-corrected chi connectivity index (χ1v) is 8.43. The number of guanidine groups is 1. The summed E-state index contributed by atoms with van der Waals surface area (Å²) in [6, 6.07) is 11.8. The lowest BCUT2D eigenvalue weighted by Gasteiger charge is -2.12. The van der Waals surface area contributed by atoms with Crippen LogP contribution in [0.15, 0.2) is 46.8 Å². The molecule has 0 fully saturated rings. The molecule has 5 nitrogen and oxygen atoms in total. The first kappa shape index (κ1) is 17.1. The number of hydrogen-bond donors (Lipinski definition) is 2. The molecule has 0 aliphatic rings. The molecule has 0 amide bonds. The first-order valence-electron chi connectivity index (χ1n) is 7.55. The molecule has 1 aromatic carbocycles. The van der Waals surface area contributed by atoms with Crippen molar-refractivity contribution in [3.8, 4) is 11.5 Å². The number of hydrogen-bond acceptors (Lipinski definition) is 4. The Bertz CT molecular complexity index is 582. The second-order valence-corrected chi connectivity index (χ2v) is 5.81. The minimum atomic E-state index is 0.567. The maximum atomic E-state index is 5.66. The fourth-order valence-corrected chi connectivity index (χ4v) is 2.70. The van der Waals surface area contributed by atoms with Gasteiger partial charge in [0.15, 0.2) is 5.96 Å². The number of thiophene rings is 1. The number of methoxy groups -OCH3 is 1. The van der Waals surface area contributed by atoms with Gasteiger partial charge in [0.05, 0.1) is 13.7 Å². The van der Waals surface area contributed by atoms with E-state index in [1.807, 2.05) is 24.3 Å². The Labute approximate surface area is 141 Å². The van der Waals surface area contributed by atoms with Gasteiger partial charge in [0.25, 0.3) is 0 Å². The Balaban J connectivity index is 1.61. The summed E-state index contributed by atoms with van der Waals surface area (Å²) in [5.74, 6) is 2.44. The summed E-state index contributed by atoms with van der Waals surface area (Å²) in [6.07, 6.45) is 1.00. The van der Waals surface area contributed by atoms with Gasteiger partial charge >= 0.3 is 0 Å². The molecule has 1 aromatic heterocycles. The van der Waals surface area contributed by atoms with Gasteiger partial charge in [-0.15, -0.1) is 11.3 Å². The number of benzene rings is 1. The van der Waals surface area contributed by atoms with Crippen LogP contribution in [0, 0.1) is 0 Å². The smallest absolute Gasteiger partial charge is 0.191 e. The predicted octanol–water partition coefficient (Wildman–Crippen LogP) is 2.54. The molecule has 0 unspecified atom stereocenters. The second kappa shape index (κ2) is 9.74. The molecule has 0 aliphatic heterocycles. The topological polar surface area (TPSA) is 54.9 Å². The van der Waals surface area contributed by atoms with E-state index in [9.17, 15) is 0 Å². The van der Waals surface area contributed by atoms with Crippen molar-refractivity contribution >= 4 is 17.3 Å². The molecule has 0 bridgehead atoms. The van der Waals surface area contributed by atoms with Gasteiger partial charge < -0.3 is 20.1 Å². The highest BCUT2D eigenvalue weighted by molar-refractivity contribution is 7.09. The Kier molecular flexibility index (Phi) is 7.26. The average Bonchev–Trinajstić information content (AvgIpc) is 3.11. The van der Waals surface area contributed by atoms with E-state index in [1.165, 1.54) is 4.88 Å². The summed E-state index contributed by atoms with van der Waals surface area (Å²) in [7, 11) is 3.42. The number of rotatable bonds is 8. The van der Waals surface area contributed by atoms with Crippen LogP contribution in [-0.4, -0.2) is 39.8 Å². The number of nitrogens with one attached hydrogen (secondary N) is 2. The lowest BCUT2D eigenvalue weighted by molar-refractivity contribution is 0.321. The van der Waals surface area contributed by atoms with Crippen molar-refractivity contribution in [2.24, 2.45) is 4.99 Å². The van der Waals surface area contributed by atoms with E-state index in [2.05, 4.69) is 33.1 Å². The summed E-state index contributed by atoms with van der Waals surface area (Å²) >= 11 is 1.77. The van der Waals surface area contributed by atoms with Gasteiger partial charge in [0.2, 0.25) is 0 Å². The zero-order valence-electron chi connectivity index (χ0n) is 13.5. The van der Waals surface area contributed by atoms with Crippen LogP contribution in [0.25, 0.3) is 0 Å². The maximum absolute atomic E-state index is 5.66. The van der Waals surface area contributed by atoms with Crippen LogP contribution in [0.2, 0.25) is 0 Å². The van der Waals surface area contributed by atoms with E-state index in [0.29, 0.717) is 13.2 Å². The molecule has 2 N–H and O–H groups in total. The zero-order valence-corrected chi connectivity index (χ0v) is 14.4. The molecular weight excluding hydrogens is 310 g/mol. The van der Waals surface area contributed by atoms with Crippen LogP contribution in [0.5, 0.6) is 11.5 Å². The van der Waals surface area contributed by atoms with Crippen LogP contribution in [0.3, 0.4) is 0 Å². The lowest BCUT2D eigenvalue weighted by atomic mass is 10.3. The van der Waals surface area contributed by atoms with Crippen molar-refractivity contribution in [1.82, 2.24) is 10.6 Å². The monoisotopic (exact) mass is 333 g/mol. The third kappa shape index (κ3) is 6.20. The minimum Gasteiger partial charge on any atom is -0.497 e. The minimum absolute atomic E-state index is 0.567. The number of ether oxygens (including phenoxy) is 2. The van der Waals surface area contributed by atoms with Gasteiger partial charge in [0.1, 0.15) is 18.1 Å². The maximum Gasteiger partial charge on any atom is 0.191 e. The standard InChI is InChI=1S/C17H23N3O2S/c1-18-17(19-10-9-16-4-3-13-23-16)20-11-12-22-15-7-5-14(21-2)6-8-15/h3-8,13H,9-12H2,1-2H3,(H2,18,19,20). The van der Waals surface area contributed by atoms with Crippen LogP contribution in [0.4, 0.5) is 0 Å². The van der Waals surface area contributed by atoms with Crippen molar-refractivity contribution in [1.29, 1.82) is 0 Å². The highest BCUT2D eigenvalue weighted by atomic mass is 32.1. The highest BCUT2D eigenvalue weighted by Crippen LogP contribution is 2.16. The Hall–Kier alpha value is -2.21. The molecule has 6 heteroatoms. The molecule has 23 heavy (non-hydrogen) atoms. The molecule has 0 spiro atoms. The average molecular weight is 333 g/mol. The summed E-state index contributed by atoms with van der Waals surface area (Å²) in [5, 5.41) is 8.63. The Morgan fingerprint density at radius 2 is 1.83 bits per heavy atom. The van der Waals surface area contributed by atoms with Crippen molar-refractivity contribution < 1.29 is 9.47 Å². The van der Waals surface area contributed by atoms with Gasteiger partial charge in [-0.05, 0) is 42.1 Å². The molecule has 2 rings (SSSR count). The summed E-state index contributed by atoms with van der Waals surface area (Å²) in [4.78, 5) is 5.57. The van der Waals surface area contributed by atoms with Crippen LogP contribution < -0.4 is 20.1 Å². The highest BCUT2D eigenvalue weighted by Gasteiger charge is 1.99. The van der Waals surface area contributed by atoms with Gasteiger partial charge in [-0.2, -0.15) is 0 Å². The molecule has 1 heterocycles. The van der Waals surface area contributed by atoms with Gasteiger partial charge in [-0.1, -0.05) is 6.07 Å². The van der Waals surface area contributed by atoms with Gasteiger partial charge in [-0.25, -0.2) is 0 Å². The summed E-state index contributed by atoms with van der Waals surface area (Å²) in [5.41, 5.74) is 0. The largest absolute Gasteiger partial charge is 0.497 e. The fraction of sp³-hybridized carbons (Fsp3) is 0.353. The van der Waals surface area contributed by atoms with E-state index in [0.717, 1.165) is 30.4 Å². The molecule has 0 saturated carbocycles. The number of aliphatic imine (C=N–C) groups is 1. The molecule has 0 atom stereocenters. The van der Waals surface area contributed by atoms with Gasteiger partial charge in [0, 0.05) is 18.5 Å². The van der Waals surface area contributed by atoms with Crippen LogP contribution in [-0.2, 0) is 6.42 Å².